The summed E-state index contributed by atoms with van der Waals surface area (Å²) in [6.07, 6.45) is 13.7. The summed E-state index contributed by atoms with van der Waals surface area (Å²) >= 11 is 0. The SMILES string of the molecule is N[C@@H](CC(=O)N1CCC[C@H]1c1nc(-c2ccccn2)no1)Cc1cc(F)c(F)cc1F.N[C@@H](CC(=O)N1CCC[C@H]1c1nc(-c2cnccn2)no1)Cc1cc(F)c(F)cc1F.N[C@@H](CC(=O)N1CCC[C@H]1c1nc(-c2ncc(F)cc2F)no1)Cc1cc(F)c(F)cc1F.N[C@@H](CC(=O)N1CCC[C@H]1c1nc(N2CCCC2)no1)Cc1cc(F)c(F)cc1F. The molecular weight excluding hydrogens is 1670 g/mol. The number of carbonyl (C=O) groups is 4. The number of hydrogen-bond donors (Lipinski definition) is 4. The van der Waals surface area contributed by atoms with Crippen molar-refractivity contribution in [1.82, 2.24) is 80.1 Å². The zero-order valence-corrected chi connectivity index (χ0v) is 66.4. The Morgan fingerprint density at radius 2 is 0.696 bits per heavy atom. The van der Waals surface area contributed by atoms with Gasteiger partial charge in [0.05, 0.1) is 12.4 Å². The van der Waals surface area contributed by atoms with Crippen molar-refractivity contribution in [3.05, 3.63) is 231 Å². The third-order valence-electron chi connectivity index (χ3n) is 21.3. The first-order valence-corrected chi connectivity index (χ1v) is 39.8. The lowest BCUT2D eigenvalue weighted by molar-refractivity contribution is -0.133. The van der Waals surface area contributed by atoms with Crippen LogP contribution in [0.5, 0.6) is 0 Å². The van der Waals surface area contributed by atoms with E-state index < -0.39 is 118 Å². The van der Waals surface area contributed by atoms with Gasteiger partial charge in [0.15, 0.2) is 52.4 Å². The number of nitrogens with zero attached hydrogens (tertiary/aromatic N) is 17. The summed E-state index contributed by atoms with van der Waals surface area (Å²) in [5.41, 5.74) is 24.3. The van der Waals surface area contributed by atoms with Crippen molar-refractivity contribution in [2.45, 2.75) is 164 Å². The van der Waals surface area contributed by atoms with Crippen LogP contribution in [0.2, 0.25) is 0 Å². The monoisotopic (exact) mass is 1750 g/mol. The molecular formula is C82H81F14N21O8. The molecule has 11 aromatic rings. The van der Waals surface area contributed by atoms with Crippen molar-refractivity contribution < 1.29 is 98.7 Å². The van der Waals surface area contributed by atoms with E-state index in [2.05, 4.69) is 65.4 Å². The van der Waals surface area contributed by atoms with Gasteiger partial charge in [-0.25, -0.2) is 71.4 Å². The van der Waals surface area contributed by atoms with Gasteiger partial charge in [-0.3, -0.25) is 29.1 Å². The van der Waals surface area contributed by atoms with Gasteiger partial charge in [-0.1, -0.05) is 21.5 Å². The molecule has 12 heterocycles. The Kier molecular flexibility index (Phi) is 29.4. The van der Waals surface area contributed by atoms with Crippen LogP contribution >= 0.6 is 0 Å². The fourth-order valence-corrected chi connectivity index (χ4v) is 15.3. The second-order valence-corrected chi connectivity index (χ2v) is 30.4. The van der Waals surface area contributed by atoms with Gasteiger partial charge in [-0.15, -0.1) is 0 Å². The molecule has 8 N–H and O–H groups in total. The molecule has 5 aliphatic heterocycles. The number of rotatable bonds is 24. The number of aromatic nitrogens is 12. The van der Waals surface area contributed by atoms with Gasteiger partial charge in [0.1, 0.15) is 70.3 Å². The molecule has 5 fully saturated rings. The van der Waals surface area contributed by atoms with E-state index in [0.29, 0.717) is 124 Å². The van der Waals surface area contributed by atoms with Crippen LogP contribution in [-0.2, 0) is 44.9 Å². The number of pyridine rings is 2. The zero-order valence-electron chi connectivity index (χ0n) is 66.4. The van der Waals surface area contributed by atoms with Crippen molar-refractivity contribution in [1.29, 1.82) is 0 Å². The zero-order chi connectivity index (χ0) is 88.9. The highest BCUT2D eigenvalue weighted by molar-refractivity contribution is 5.79. The van der Waals surface area contributed by atoms with Crippen LogP contribution in [0.4, 0.5) is 67.4 Å². The molecule has 0 spiro atoms. The van der Waals surface area contributed by atoms with Crippen molar-refractivity contribution in [3.8, 4) is 34.6 Å². The lowest BCUT2D eigenvalue weighted by Crippen LogP contribution is -2.36. The molecule has 16 rings (SSSR count). The number of hydrogen-bond acceptors (Lipinski definition) is 25. The summed E-state index contributed by atoms with van der Waals surface area (Å²) in [4.78, 5) is 92.8. The van der Waals surface area contributed by atoms with E-state index in [1.807, 2.05) is 0 Å². The molecule has 4 aromatic carbocycles. The Morgan fingerprint density at radius 1 is 0.352 bits per heavy atom. The standard InChI is InChI=1S/C21H18F5N5O2.C21H20F3N5O2.C20H19F3N6O2.C20H24F3N5O2/c22-11-6-16(26)19(28-9-11)20-29-21(33-30-20)17-2-1-3-31(17)18(32)7-12(27)4-10-5-14(24)15(25)8-13(10)23;22-14-11-16(24)15(23)9-12(14)8-13(25)10-19(30)29-7-3-5-18(29)21-27-20(28-31-21)17-4-1-2-6-26-17;21-13-9-15(23)14(22)7-11(13)6-12(24)8-18(30)29-5-1-2-17(29)20-27-19(28-31-20)16-10-25-3-4-26-16;21-14-11-16(23)15(22)9-12(14)8-13(24)10-18(29)28-7-3-4-17(28)19-25-20(26-30-19)27-5-1-2-6-27/h5-6,8-9,12,17H,1-4,7,27H2;1-2,4,6,9,11,13,18H,3,5,7-8,10,25H2;3-4,7,9-10,12,17H,1-2,5-6,8,24H2;9,11,13,17H,1-8,10,24H2/t12-,17+;13-,18+;12-,17+;13-,17+/m1111/s1. The smallest absolute Gasteiger partial charge is 0.266 e. The van der Waals surface area contributed by atoms with Crippen LogP contribution in [0.3, 0.4) is 0 Å². The highest BCUT2D eigenvalue weighted by Gasteiger charge is 2.40. The Bertz CT molecular complexity index is 5430. The fraction of sp³-hybridized carbons (Fsp3) is 0.390. The first kappa shape index (κ1) is 90.1. The normalized spacial score (nSPS) is 17.8. The van der Waals surface area contributed by atoms with E-state index in [-0.39, 0.29) is 138 Å². The second-order valence-electron chi connectivity index (χ2n) is 30.4. The molecule has 0 saturated carbocycles. The van der Waals surface area contributed by atoms with Crippen LogP contribution in [0, 0.1) is 81.4 Å². The van der Waals surface area contributed by atoms with Crippen molar-refractivity contribution in [2.75, 3.05) is 44.2 Å². The third kappa shape index (κ3) is 22.5. The van der Waals surface area contributed by atoms with E-state index in [9.17, 15) is 80.6 Å². The number of amides is 4. The number of likely N-dealkylation sites (tertiary alicyclic amines) is 4. The Morgan fingerprint density at radius 3 is 1.06 bits per heavy atom. The first-order chi connectivity index (χ1) is 60.0. The highest BCUT2D eigenvalue weighted by Crippen LogP contribution is 2.38. The summed E-state index contributed by atoms with van der Waals surface area (Å²) in [6, 6.07) is 6.07. The predicted molar refractivity (Wildman–Crippen MR) is 411 cm³/mol. The molecule has 8 atom stereocenters. The van der Waals surface area contributed by atoms with Gasteiger partial charge in [0.25, 0.3) is 11.8 Å². The van der Waals surface area contributed by atoms with E-state index in [4.69, 9.17) is 41.0 Å². The molecule has 4 amide bonds. The Hall–Kier alpha value is -12.6. The van der Waals surface area contributed by atoms with Crippen LogP contribution in [-0.4, -0.2) is 167 Å². The number of nitrogens with two attached hydrogens (primary N) is 4. The third-order valence-corrected chi connectivity index (χ3v) is 21.3. The Labute approximate surface area is 702 Å². The predicted octanol–water partition coefficient (Wildman–Crippen LogP) is 11.9. The van der Waals surface area contributed by atoms with Crippen LogP contribution in [0.1, 0.15) is 160 Å². The van der Waals surface area contributed by atoms with E-state index >= 15 is 0 Å². The number of halogens is 14. The molecule has 0 radical (unpaired) electrons. The van der Waals surface area contributed by atoms with Gasteiger partial charge in [-0.05, 0) is 154 Å². The first-order valence-electron chi connectivity index (χ1n) is 39.8. The molecule has 7 aromatic heterocycles. The van der Waals surface area contributed by atoms with Gasteiger partial charge < -0.3 is 65.5 Å². The summed E-state index contributed by atoms with van der Waals surface area (Å²) in [5.74, 6) is -14.3. The summed E-state index contributed by atoms with van der Waals surface area (Å²) in [7, 11) is 0. The average molecular weight is 1750 g/mol. The van der Waals surface area contributed by atoms with Gasteiger partial charge in [0.2, 0.25) is 58.8 Å². The summed E-state index contributed by atoms with van der Waals surface area (Å²) in [6.45, 7) is 3.67. The minimum atomic E-state index is -1.31. The lowest BCUT2D eigenvalue weighted by Gasteiger charge is -2.23. The Balaban J connectivity index is 0.000000143. The molecule has 0 bridgehead atoms. The molecule has 43 heteroatoms. The van der Waals surface area contributed by atoms with Crippen molar-refractivity contribution >= 4 is 29.6 Å². The molecule has 660 valence electrons. The minimum absolute atomic E-state index is 0.0535. The molecule has 29 nitrogen and oxygen atoms in total. The van der Waals surface area contributed by atoms with Crippen LogP contribution in [0.15, 0.2) is 122 Å². The van der Waals surface area contributed by atoms with Crippen molar-refractivity contribution in [3.63, 3.8) is 0 Å². The number of anilines is 1. The molecule has 5 aliphatic rings. The lowest BCUT2D eigenvalue weighted by atomic mass is 10.0. The maximum atomic E-state index is 14.0. The topological polar surface area (TPSA) is 396 Å². The van der Waals surface area contributed by atoms with Gasteiger partial charge in [0, 0.05) is 138 Å². The molecule has 0 aliphatic carbocycles. The molecule has 5 saturated heterocycles. The van der Waals surface area contributed by atoms with E-state index in [0.717, 1.165) is 75.7 Å². The highest BCUT2D eigenvalue weighted by atomic mass is 19.2. The number of carbonyl (C=O) groups excluding carboxylic acids is 4. The quantitative estimate of drug-likeness (QED) is 0.0322. The molecule has 0 unspecified atom stereocenters. The summed E-state index contributed by atoms with van der Waals surface area (Å²) < 4.78 is 210. The van der Waals surface area contributed by atoms with Crippen molar-refractivity contribution in [2.24, 2.45) is 22.9 Å². The molecule has 125 heavy (non-hydrogen) atoms. The maximum absolute atomic E-state index is 14.0. The second kappa shape index (κ2) is 40.8. The minimum Gasteiger partial charge on any atom is -0.338 e. The average Bonchev–Trinajstić information content (AvgIpc) is 1.67. The fourth-order valence-electron chi connectivity index (χ4n) is 15.3. The van der Waals surface area contributed by atoms with Crippen LogP contribution in [0.25, 0.3) is 34.6 Å². The van der Waals surface area contributed by atoms with Gasteiger partial charge in [-0.2, -0.15) is 19.9 Å². The summed E-state index contributed by atoms with van der Waals surface area (Å²) in [5, 5.41) is 15.6. The van der Waals surface area contributed by atoms with Crippen LogP contribution < -0.4 is 27.8 Å². The van der Waals surface area contributed by atoms with E-state index in [1.54, 1.807) is 39.1 Å². The largest absolute Gasteiger partial charge is 0.338 e. The van der Waals surface area contributed by atoms with Gasteiger partial charge >= 0.3 is 0 Å². The van der Waals surface area contributed by atoms with E-state index in [1.165, 1.54) is 23.5 Å². The number of benzene rings is 4. The maximum Gasteiger partial charge on any atom is 0.266 e.